The summed E-state index contributed by atoms with van der Waals surface area (Å²) in [5, 5.41) is 10.3. The summed E-state index contributed by atoms with van der Waals surface area (Å²) in [6.45, 7) is 17.8. The molecule has 0 radical (unpaired) electrons. The number of hydrogen-bond acceptors (Lipinski definition) is 5. The van der Waals surface area contributed by atoms with Gasteiger partial charge in [0.25, 0.3) is 0 Å². The summed E-state index contributed by atoms with van der Waals surface area (Å²) in [5.41, 5.74) is -2.86. The van der Waals surface area contributed by atoms with Gasteiger partial charge in [-0.1, -0.05) is 175 Å². The number of carboxylic acid groups (broad SMARTS) is 1. The molecule has 0 aliphatic heterocycles. The molecule has 0 aliphatic rings. The lowest BCUT2D eigenvalue weighted by atomic mass is 9.77. The van der Waals surface area contributed by atoms with Gasteiger partial charge >= 0.3 is 17.9 Å². The van der Waals surface area contributed by atoms with Gasteiger partial charge in [-0.25, -0.2) is 0 Å². The summed E-state index contributed by atoms with van der Waals surface area (Å²) < 4.78 is 11.9. The molecule has 52 heavy (non-hydrogen) atoms. The average molecular weight is 737 g/mol. The molecule has 1 N–H and O–H groups in total. The number of rotatable bonds is 34. The van der Waals surface area contributed by atoms with Crippen molar-refractivity contribution in [2.45, 2.75) is 260 Å². The highest BCUT2D eigenvalue weighted by Gasteiger charge is 2.50. The van der Waals surface area contributed by atoms with Crippen molar-refractivity contribution in [3.63, 3.8) is 0 Å². The van der Waals surface area contributed by atoms with Crippen molar-refractivity contribution in [1.82, 2.24) is 0 Å². The van der Waals surface area contributed by atoms with Gasteiger partial charge in [0.1, 0.15) is 11.2 Å². The lowest BCUT2D eigenvalue weighted by Crippen LogP contribution is -2.46. The van der Waals surface area contributed by atoms with Crippen LogP contribution in [0.5, 0.6) is 0 Å². The first-order chi connectivity index (χ1) is 24.6. The minimum Gasteiger partial charge on any atom is -0.481 e. The second kappa shape index (κ2) is 29.7. The highest BCUT2D eigenvalue weighted by atomic mass is 16.6. The van der Waals surface area contributed by atoms with Crippen LogP contribution in [0.3, 0.4) is 0 Å². The van der Waals surface area contributed by atoms with Crippen LogP contribution in [0.25, 0.3) is 0 Å². The van der Waals surface area contributed by atoms with E-state index < -0.39 is 40.4 Å². The van der Waals surface area contributed by atoms with Gasteiger partial charge in [0.05, 0.1) is 5.92 Å². The minimum absolute atomic E-state index is 0.318. The Bertz CT molecular complexity index is 854. The zero-order valence-electron chi connectivity index (χ0n) is 36.1. The van der Waals surface area contributed by atoms with Crippen LogP contribution >= 0.6 is 0 Å². The predicted molar refractivity (Wildman–Crippen MR) is 220 cm³/mol. The quantitative estimate of drug-likeness (QED) is 0.0402. The van der Waals surface area contributed by atoms with Gasteiger partial charge in [-0.05, 0) is 79.6 Å². The first kappa shape index (κ1) is 50.4. The molecule has 0 saturated carbocycles. The summed E-state index contributed by atoms with van der Waals surface area (Å²) in [6, 6.07) is 0. The van der Waals surface area contributed by atoms with Crippen LogP contribution in [0, 0.1) is 17.3 Å². The fourth-order valence-electron chi connectivity index (χ4n) is 7.43. The molecule has 0 aliphatic carbocycles. The molecule has 0 saturated heterocycles. The van der Waals surface area contributed by atoms with Gasteiger partial charge in [0, 0.05) is 0 Å². The summed E-state index contributed by atoms with van der Waals surface area (Å²) in [4.78, 5) is 40.4. The van der Waals surface area contributed by atoms with Crippen molar-refractivity contribution >= 4 is 17.9 Å². The molecule has 0 bridgehead atoms. The summed E-state index contributed by atoms with van der Waals surface area (Å²) in [5.74, 6) is -1.53. The molecule has 0 heterocycles. The van der Waals surface area contributed by atoms with Gasteiger partial charge in [-0.2, -0.15) is 0 Å². The number of hydrogen-bond donors (Lipinski definition) is 1. The Morgan fingerprint density at radius 1 is 0.442 bits per heavy atom. The van der Waals surface area contributed by atoms with Crippen LogP contribution in [0.2, 0.25) is 0 Å². The third-order valence-corrected chi connectivity index (χ3v) is 10.6. The molecular weight excluding hydrogens is 649 g/mol. The van der Waals surface area contributed by atoms with Crippen molar-refractivity contribution < 1.29 is 29.0 Å². The van der Waals surface area contributed by atoms with Gasteiger partial charge in [0.15, 0.2) is 5.41 Å². The summed E-state index contributed by atoms with van der Waals surface area (Å²) in [6.07, 6.45) is 31.0. The lowest BCUT2D eigenvalue weighted by molar-refractivity contribution is -0.187. The summed E-state index contributed by atoms with van der Waals surface area (Å²) >= 11 is 0. The smallest absolute Gasteiger partial charge is 0.324 e. The van der Waals surface area contributed by atoms with Crippen LogP contribution in [-0.4, -0.2) is 34.2 Å². The zero-order chi connectivity index (χ0) is 39.3. The number of carbonyl (C=O) groups excluding carboxylic acids is 2. The zero-order valence-corrected chi connectivity index (χ0v) is 36.1. The van der Waals surface area contributed by atoms with Gasteiger partial charge in [-0.15, -0.1) is 0 Å². The van der Waals surface area contributed by atoms with Crippen molar-refractivity contribution in [2.24, 2.45) is 17.3 Å². The monoisotopic (exact) mass is 737 g/mol. The Hall–Kier alpha value is -1.59. The van der Waals surface area contributed by atoms with E-state index >= 15 is 0 Å². The highest BCUT2D eigenvalue weighted by molar-refractivity contribution is 6.00. The van der Waals surface area contributed by atoms with Crippen LogP contribution in [-0.2, 0) is 23.9 Å². The van der Waals surface area contributed by atoms with E-state index in [2.05, 4.69) is 20.8 Å². The van der Waals surface area contributed by atoms with E-state index in [-0.39, 0.29) is 0 Å². The number of carbonyl (C=O) groups is 3. The van der Waals surface area contributed by atoms with Gasteiger partial charge in [-0.3, -0.25) is 14.4 Å². The Balaban J connectivity index is 5.60. The second-order valence-electron chi connectivity index (χ2n) is 18.1. The van der Waals surface area contributed by atoms with E-state index in [0.29, 0.717) is 44.4 Å². The Labute approximate surface area is 323 Å². The molecule has 6 heteroatoms. The molecule has 0 amide bonds. The Kier molecular flexibility index (Phi) is 28.8. The third-order valence-electron chi connectivity index (χ3n) is 10.6. The molecule has 1 unspecified atom stereocenters. The predicted octanol–water partition coefficient (Wildman–Crippen LogP) is 14.3. The fourth-order valence-corrected chi connectivity index (χ4v) is 7.43. The number of unbranched alkanes of at least 4 members (excludes halogenated alkanes) is 18. The fraction of sp³-hybridized carbons (Fsp3) is 0.935. The number of esters is 2. The van der Waals surface area contributed by atoms with Crippen molar-refractivity contribution in [3.05, 3.63) is 0 Å². The molecule has 0 aromatic heterocycles. The average Bonchev–Trinajstić information content (AvgIpc) is 3.05. The molecule has 0 rings (SSSR count). The molecule has 0 aromatic rings. The maximum atomic E-state index is 14.0. The highest BCUT2D eigenvalue weighted by Crippen LogP contribution is 2.38. The van der Waals surface area contributed by atoms with Crippen LogP contribution in [0.15, 0.2) is 0 Å². The SMILES string of the molecule is CCCCCCCCCCC(CCCCC(CCC(CCCCCCCC)CCCCCCCC)C(=O)O)(C(=O)OC(C)(C)C)C(=O)OC(C)(C)C. The molecule has 0 aromatic carbocycles. The van der Waals surface area contributed by atoms with Crippen molar-refractivity contribution in [1.29, 1.82) is 0 Å². The molecule has 0 spiro atoms. The lowest BCUT2D eigenvalue weighted by Gasteiger charge is -2.35. The van der Waals surface area contributed by atoms with E-state index in [1.807, 2.05) is 41.5 Å². The Morgan fingerprint density at radius 2 is 0.769 bits per heavy atom. The third kappa shape index (κ3) is 26.2. The number of carboxylic acids is 1. The van der Waals surface area contributed by atoms with Crippen LogP contribution in [0.1, 0.15) is 249 Å². The Morgan fingerprint density at radius 3 is 1.13 bits per heavy atom. The van der Waals surface area contributed by atoms with Crippen LogP contribution < -0.4 is 0 Å². The van der Waals surface area contributed by atoms with E-state index in [4.69, 9.17) is 9.47 Å². The topological polar surface area (TPSA) is 89.9 Å². The van der Waals surface area contributed by atoms with Gasteiger partial charge in [0.2, 0.25) is 0 Å². The normalized spacial score (nSPS) is 13.0. The number of aliphatic carboxylic acids is 1. The van der Waals surface area contributed by atoms with E-state index in [9.17, 15) is 19.5 Å². The standard InChI is InChI=1S/C46H88O6/c1-10-13-16-19-22-23-26-30-37-46(42(49)51-44(4,5)6,43(50)52-45(7,8)9)38-31-29-34-40(41(47)48)36-35-39(32-27-24-20-17-14-11-2)33-28-25-21-18-15-12-3/h39-40H,10-38H2,1-9H3,(H,47,48). The van der Waals surface area contributed by atoms with E-state index in [0.717, 1.165) is 25.7 Å². The van der Waals surface area contributed by atoms with Crippen molar-refractivity contribution in [3.8, 4) is 0 Å². The molecule has 0 fully saturated rings. The first-order valence-corrected chi connectivity index (χ1v) is 22.3. The number of ether oxygens (including phenoxy) is 2. The first-order valence-electron chi connectivity index (χ1n) is 22.3. The molecular formula is C46H88O6. The largest absolute Gasteiger partial charge is 0.481 e. The summed E-state index contributed by atoms with van der Waals surface area (Å²) in [7, 11) is 0. The minimum atomic E-state index is -1.39. The van der Waals surface area contributed by atoms with E-state index in [1.165, 1.54) is 122 Å². The maximum Gasteiger partial charge on any atom is 0.324 e. The maximum absolute atomic E-state index is 14.0. The molecule has 308 valence electrons. The molecule has 1 atom stereocenters. The molecule has 6 nitrogen and oxygen atoms in total. The second-order valence-corrected chi connectivity index (χ2v) is 18.1. The van der Waals surface area contributed by atoms with Crippen molar-refractivity contribution in [2.75, 3.05) is 0 Å². The van der Waals surface area contributed by atoms with E-state index in [1.54, 1.807) is 0 Å². The van der Waals surface area contributed by atoms with Crippen LogP contribution in [0.4, 0.5) is 0 Å². The van der Waals surface area contributed by atoms with Gasteiger partial charge < -0.3 is 14.6 Å².